The van der Waals surface area contributed by atoms with E-state index >= 15 is 0 Å². The van der Waals surface area contributed by atoms with Crippen LogP contribution in [0, 0.1) is 17.8 Å². The summed E-state index contributed by atoms with van der Waals surface area (Å²) in [6.07, 6.45) is 5.32. The Morgan fingerprint density at radius 3 is 3.05 bits per heavy atom. The van der Waals surface area contributed by atoms with Crippen LogP contribution in [-0.4, -0.2) is 40.1 Å². The van der Waals surface area contributed by atoms with E-state index < -0.39 is 0 Å². The molecule has 0 bridgehead atoms. The summed E-state index contributed by atoms with van der Waals surface area (Å²) in [5.74, 6) is 5.84. The number of amides is 1. The van der Waals surface area contributed by atoms with E-state index in [0.29, 0.717) is 23.1 Å². The van der Waals surface area contributed by atoms with Crippen molar-refractivity contribution in [2.45, 2.75) is 32.7 Å². The summed E-state index contributed by atoms with van der Waals surface area (Å²) in [5.41, 5.74) is 1.23. The molecule has 1 saturated heterocycles. The standard InChI is InChI=1S/C16H20N2O2/c1-12(2)15-6-3-7-18(15)16(20)14-9-13(5-4-8-19)10-17-11-14/h9-12,15,19H,3,6-8H2,1-2H3. The van der Waals surface area contributed by atoms with Crippen molar-refractivity contribution in [3.05, 3.63) is 29.6 Å². The number of aromatic nitrogens is 1. The maximum Gasteiger partial charge on any atom is 0.255 e. The molecular formula is C16H20N2O2. The van der Waals surface area contributed by atoms with E-state index in [0.717, 1.165) is 19.4 Å². The van der Waals surface area contributed by atoms with E-state index in [4.69, 9.17) is 5.11 Å². The van der Waals surface area contributed by atoms with Crippen LogP contribution in [0.1, 0.15) is 42.6 Å². The average Bonchev–Trinajstić information content (AvgIpc) is 2.94. The Morgan fingerprint density at radius 1 is 1.55 bits per heavy atom. The lowest BCUT2D eigenvalue weighted by molar-refractivity contribution is 0.0701. The first-order chi connectivity index (χ1) is 9.63. The van der Waals surface area contributed by atoms with Crippen LogP contribution >= 0.6 is 0 Å². The van der Waals surface area contributed by atoms with Crippen LogP contribution in [0.3, 0.4) is 0 Å². The van der Waals surface area contributed by atoms with Crippen molar-refractivity contribution in [1.82, 2.24) is 9.88 Å². The third kappa shape index (κ3) is 3.17. The van der Waals surface area contributed by atoms with E-state index in [-0.39, 0.29) is 12.5 Å². The SMILES string of the molecule is CC(C)C1CCCN1C(=O)c1cncc(C#CCO)c1. The number of pyridine rings is 1. The molecule has 0 radical (unpaired) electrons. The highest BCUT2D eigenvalue weighted by molar-refractivity contribution is 5.94. The second kappa shape index (κ2) is 6.53. The minimum Gasteiger partial charge on any atom is -0.384 e. The van der Waals surface area contributed by atoms with Gasteiger partial charge in [-0.1, -0.05) is 25.7 Å². The number of nitrogens with zero attached hydrogens (tertiary/aromatic N) is 2. The van der Waals surface area contributed by atoms with Gasteiger partial charge >= 0.3 is 0 Å². The summed E-state index contributed by atoms with van der Waals surface area (Å²) in [4.78, 5) is 18.6. The number of carbonyl (C=O) groups excluding carboxylic acids is 1. The molecule has 4 heteroatoms. The van der Waals surface area contributed by atoms with Crippen molar-refractivity contribution in [3.63, 3.8) is 0 Å². The van der Waals surface area contributed by atoms with Crippen LogP contribution in [0.15, 0.2) is 18.5 Å². The van der Waals surface area contributed by atoms with Crippen molar-refractivity contribution in [2.24, 2.45) is 5.92 Å². The first-order valence-corrected chi connectivity index (χ1v) is 6.99. The normalized spacial score (nSPS) is 18.0. The van der Waals surface area contributed by atoms with Crippen LogP contribution in [0.2, 0.25) is 0 Å². The van der Waals surface area contributed by atoms with Crippen molar-refractivity contribution in [3.8, 4) is 11.8 Å². The monoisotopic (exact) mass is 272 g/mol. The first-order valence-electron chi connectivity index (χ1n) is 6.99. The molecule has 1 fully saturated rings. The molecule has 0 spiro atoms. The lowest BCUT2D eigenvalue weighted by Gasteiger charge is -2.27. The minimum atomic E-state index is -0.195. The molecule has 1 aromatic heterocycles. The van der Waals surface area contributed by atoms with Crippen LogP contribution < -0.4 is 0 Å². The van der Waals surface area contributed by atoms with E-state index in [2.05, 4.69) is 30.7 Å². The van der Waals surface area contributed by atoms with Crippen molar-refractivity contribution in [1.29, 1.82) is 0 Å². The molecule has 1 aliphatic heterocycles. The fourth-order valence-electron chi connectivity index (χ4n) is 2.67. The first kappa shape index (κ1) is 14.5. The Morgan fingerprint density at radius 2 is 2.35 bits per heavy atom. The number of hydrogen-bond acceptors (Lipinski definition) is 3. The average molecular weight is 272 g/mol. The molecule has 1 unspecified atom stereocenters. The lowest BCUT2D eigenvalue weighted by atomic mass is 10.0. The van der Waals surface area contributed by atoms with E-state index in [1.54, 1.807) is 18.5 Å². The third-order valence-corrected chi connectivity index (χ3v) is 3.63. The maximum atomic E-state index is 12.6. The molecule has 1 aliphatic rings. The number of aliphatic hydroxyl groups excluding tert-OH is 1. The summed E-state index contributed by atoms with van der Waals surface area (Å²) in [7, 11) is 0. The molecule has 0 aliphatic carbocycles. The van der Waals surface area contributed by atoms with Gasteiger partial charge in [-0.15, -0.1) is 0 Å². The summed E-state index contributed by atoms with van der Waals surface area (Å²) < 4.78 is 0. The van der Waals surface area contributed by atoms with Crippen LogP contribution in [0.4, 0.5) is 0 Å². The highest BCUT2D eigenvalue weighted by atomic mass is 16.2. The van der Waals surface area contributed by atoms with Gasteiger partial charge in [0.1, 0.15) is 6.61 Å². The molecule has 2 rings (SSSR count). The quantitative estimate of drug-likeness (QED) is 0.834. The van der Waals surface area contributed by atoms with E-state index in [1.807, 2.05) is 4.90 Å². The van der Waals surface area contributed by atoms with Crippen molar-refractivity contribution in [2.75, 3.05) is 13.2 Å². The zero-order valence-electron chi connectivity index (χ0n) is 12.0. The minimum absolute atomic E-state index is 0.0290. The molecule has 0 saturated carbocycles. The van der Waals surface area contributed by atoms with Gasteiger partial charge in [-0.2, -0.15) is 0 Å². The zero-order valence-corrected chi connectivity index (χ0v) is 12.0. The Labute approximate surface area is 119 Å². The van der Waals surface area contributed by atoms with Crippen LogP contribution in [-0.2, 0) is 0 Å². The summed E-state index contributed by atoms with van der Waals surface area (Å²) in [5, 5.41) is 8.71. The summed E-state index contributed by atoms with van der Waals surface area (Å²) >= 11 is 0. The van der Waals surface area contributed by atoms with Crippen molar-refractivity contribution >= 4 is 5.91 Å². The third-order valence-electron chi connectivity index (χ3n) is 3.63. The Balaban J connectivity index is 2.20. The Bertz CT molecular complexity index is 543. The van der Waals surface area contributed by atoms with E-state index in [1.165, 1.54) is 0 Å². The molecular weight excluding hydrogens is 252 g/mol. The van der Waals surface area contributed by atoms with Gasteiger partial charge in [0.25, 0.3) is 5.91 Å². The predicted molar refractivity (Wildman–Crippen MR) is 77.1 cm³/mol. The number of likely N-dealkylation sites (tertiary alicyclic amines) is 1. The molecule has 20 heavy (non-hydrogen) atoms. The number of rotatable bonds is 2. The van der Waals surface area contributed by atoms with Gasteiger partial charge in [-0.05, 0) is 24.8 Å². The van der Waals surface area contributed by atoms with Gasteiger partial charge in [-0.25, -0.2) is 0 Å². The highest BCUT2D eigenvalue weighted by Gasteiger charge is 2.31. The second-order valence-corrected chi connectivity index (χ2v) is 5.37. The largest absolute Gasteiger partial charge is 0.384 e. The van der Waals surface area contributed by atoms with Crippen LogP contribution in [0.5, 0.6) is 0 Å². The number of aliphatic hydroxyl groups is 1. The zero-order chi connectivity index (χ0) is 14.5. The highest BCUT2D eigenvalue weighted by Crippen LogP contribution is 2.25. The predicted octanol–water partition coefficient (Wildman–Crippen LogP) is 1.69. The van der Waals surface area contributed by atoms with Gasteiger partial charge in [0, 0.05) is 30.5 Å². The van der Waals surface area contributed by atoms with Gasteiger partial charge in [0.2, 0.25) is 0 Å². The molecule has 4 nitrogen and oxygen atoms in total. The summed E-state index contributed by atoms with van der Waals surface area (Å²) in [6, 6.07) is 2.06. The van der Waals surface area contributed by atoms with Crippen LogP contribution in [0.25, 0.3) is 0 Å². The molecule has 1 aromatic rings. The van der Waals surface area contributed by atoms with Gasteiger partial charge in [0.15, 0.2) is 0 Å². The van der Waals surface area contributed by atoms with E-state index in [9.17, 15) is 4.79 Å². The molecule has 1 atom stereocenters. The topological polar surface area (TPSA) is 53.4 Å². The fraction of sp³-hybridized carbons (Fsp3) is 0.500. The van der Waals surface area contributed by atoms with Crippen molar-refractivity contribution < 1.29 is 9.90 Å². The molecule has 1 amide bonds. The Hall–Kier alpha value is -1.86. The van der Waals surface area contributed by atoms with Gasteiger partial charge in [-0.3, -0.25) is 9.78 Å². The molecule has 106 valence electrons. The molecule has 2 heterocycles. The number of hydrogen-bond donors (Lipinski definition) is 1. The summed E-state index contributed by atoms with van der Waals surface area (Å²) in [6.45, 7) is 4.92. The van der Waals surface area contributed by atoms with Gasteiger partial charge in [0.05, 0.1) is 5.56 Å². The molecule has 0 aromatic carbocycles. The number of carbonyl (C=O) groups is 1. The smallest absolute Gasteiger partial charge is 0.255 e. The fourth-order valence-corrected chi connectivity index (χ4v) is 2.67. The Kier molecular flexibility index (Phi) is 4.75. The second-order valence-electron chi connectivity index (χ2n) is 5.37. The van der Waals surface area contributed by atoms with Gasteiger partial charge < -0.3 is 10.0 Å². The maximum absolute atomic E-state index is 12.6. The molecule has 1 N–H and O–H groups in total. The lowest BCUT2D eigenvalue weighted by Crippen LogP contribution is -2.38.